The molecule has 1 heterocycles. The molecule has 0 amide bonds. The highest BCUT2D eigenvalue weighted by Crippen LogP contribution is 2.28. The van der Waals surface area contributed by atoms with E-state index in [1.807, 2.05) is 31.2 Å². The highest BCUT2D eigenvalue weighted by molar-refractivity contribution is 7.80. The maximum absolute atomic E-state index is 12.1. The molecule has 1 aromatic carbocycles. The Bertz CT molecular complexity index is 641. The Labute approximate surface area is 154 Å². The minimum atomic E-state index is -0.374. The van der Waals surface area contributed by atoms with Crippen LogP contribution < -0.4 is 15.4 Å². The Balaban J connectivity index is 2.08. The number of ether oxygens (including phenoxy) is 2. The van der Waals surface area contributed by atoms with Gasteiger partial charge in [0.2, 0.25) is 0 Å². The number of benzene rings is 1. The highest BCUT2D eigenvalue weighted by atomic mass is 32.1. The molecule has 0 fully saturated rings. The molecule has 2 N–H and O–H groups in total. The third kappa shape index (κ3) is 5.19. The molecule has 0 saturated heterocycles. The van der Waals surface area contributed by atoms with Crippen molar-refractivity contribution < 1.29 is 14.3 Å². The van der Waals surface area contributed by atoms with Gasteiger partial charge in [0.25, 0.3) is 0 Å². The molecular formula is C19H26N2O3S. The topological polar surface area (TPSA) is 59.6 Å². The molecule has 136 valence electrons. The van der Waals surface area contributed by atoms with Gasteiger partial charge in [-0.05, 0) is 43.3 Å². The largest absolute Gasteiger partial charge is 0.494 e. The molecule has 6 heteroatoms. The van der Waals surface area contributed by atoms with Crippen molar-refractivity contribution in [2.24, 2.45) is 0 Å². The van der Waals surface area contributed by atoms with Gasteiger partial charge in [-0.2, -0.15) is 0 Å². The van der Waals surface area contributed by atoms with Crippen molar-refractivity contribution in [3.63, 3.8) is 0 Å². The molecule has 0 bridgehead atoms. The number of nitrogens with one attached hydrogen (secondary N) is 2. The van der Waals surface area contributed by atoms with Gasteiger partial charge in [-0.3, -0.25) is 0 Å². The summed E-state index contributed by atoms with van der Waals surface area (Å²) in [6.07, 6.45) is 4.71. The first-order chi connectivity index (χ1) is 12.1. The number of esters is 1. The van der Waals surface area contributed by atoms with Crippen molar-refractivity contribution >= 4 is 23.3 Å². The summed E-state index contributed by atoms with van der Waals surface area (Å²) in [7, 11) is 1.38. The quantitative estimate of drug-likeness (QED) is 0.418. The summed E-state index contributed by atoms with van der Waals surface area (Å²) >= 11 is 5.22. The number of carbonyl (C=O) groups excluding carboxylic acids is 1. The van der Waals surface area contributed by atoms with Crippen LogP contribution in [0.5, 0.6) is 5.75 Å². The van der Waals surface area contributed by atoms with Crippen molar-refractivity contribution in [1.82, 2.24) is 10.6 Å². The number of thiocarbonyl (C=S) groups is 1. The normalized spacial score (nSPS) is 16.9. The molecular weight excluding hydrogens is 336 g/mol. The summed E-state index contributed by atoms with van der Waals surface area (Å²) in [6.45, 7) is 4.74. The van der Waals surface area contributed by atoms with Crippen LogP contribution in [0.2, 0.25) is 0 Å². The van der Waals surface area contributed by atoms with E-state index in [1.54, 1.807) is 0 Å². The van der Waals surface area contributed by atoms with E-state index in [0.29, 0.717) is 16.4 Å². The van der Waals surface area contributed by atoms with Crippen molar-refractivity contribution in [2.75, 3.05) is 13.7 Å². The Hall–Kier alpha value is -2.08. The second-order valence-corrected chi connectivity index (χ2v) is 6.45. The first-order valence-corrected chi connectivity index (χ1v) is 9.07. The lowest BCUT2D eigenvalue weighted by atomic mass is 9.95. The predicted molar refractivity (Wildman–Crippen MR) is 102 cm³/mol. The second-order valence-electron chi connectivity index (χ2n) is 6.04. The molecule has 0 aromatic heterocycles. The predicted octanol–water partition coefficient (Wildman–Crippen LogP) is 3.61. The summed E-state index contributed by atoms with van der Waals surface area (Å²) in [6, 6.07) is 7.41. The Morgan fingerprint density at radius 1 is 1.20 bits per heavy atom. The fourth-order valence-electron chi connectivity index (χ4n) is 2.80. The van der Waals surface area contributed by atoms with Crippen molar-refractivity contribution in [3.8, 4) is 5.75 Å². The van der Waals surface area contributed by atoms with E-state index in [1.165, 1.54) is 26.4 Å². The lowest BCUT2D eigenvalue weighted by molar-refractivity contribution is -0.136. The summed E-state index contributed by atoms with van der Waals surface area (Å²) in [5.74, 6) is 0.457. The first kappa shape index (κ1) is 19.2. The molecule has 1 unspecified atom stereocenters. The van der Waals surface area contributed by atoms with Gasteiger partial charge in [0.15, 0.2) is 5.11 Å². The number of methoxy groups -OCH3 is 1. The van der Waals surface area contributed by atoms with Crippen LogP contribution in [0.4, 0.5) is 0 Å². The highest BCUT2D eigenvalue weighted by Gasteiger charge is 2.30. The van der Waals surface area contributed by atoms with Gasteiger partial charge in [0.1, 0.15) is 5.75 Å². The third-order valence-corrected chi connectivity index (χ3v) is 4.37. The average molecular weight is 362 g/mol. The number of allylic oxidation sites excluding steroid dienone is 1. The summed E-state index contributed by atoms with van der Waals surface area (Å²) in [5, 5.41) is 6.60. The van der Waals surface area contributed by atoms with Crippen LogP contribution in [-0.4, -0.2) is 24.8 Å². The molecule has 1 aliphatic heterocycles. The number of carbonyl (C=O) groups is 1. The van der Waals surface area contributed by atoms with E-state index in [0.717, 1.165) is 24.3 Å². The first-order valence-electron chi connectivity index (χ1n) is 8.66. The van der Waals surface area contributed by atoms with E-state index in [4.69, 9.17) is 21.7 Å². The molecule has 0 radical (unpaired) electrons. The summed E-state index contributed by atoms with van der Waals surface area (Å²) < 4.78 is 10.7. The Morgan fingerprint density at radius 2 is 1.92 bits per heavy atom. The Morgan fingerprint density at radius 3 is 2.56 bits per heavy atom. The van der Waals surface area contributed by atoms with E-state index in [2.05, 4.69) is 17.6 Å². The summed E-state index contributed by atoms with van der Waals surface area (Å²) in [4.78, 5) is 12.1. The smallest absolute Gasteiger partial charge is 0.337 e. The fourth-order valence-corrected chi connectivity index (χ4v) is 3.07. The van der Waals surface area contributed by atoms with Crippen LogP contribution in [0.15, 0.2) is 35.5 Å². The summed E-state index contributed by atoms with van der Waals surface area (Å²) in [5.41, 5.74) is 2.17. The van der Waals surface area contributed by atoms with Crippen LogP contribution in [-0.2, 0) is 9.53 Å². The van der Waals surface area contributed by atoms with Gasteiger partial charge < -0.3 is 20.1 Å². The monoisotopic (exact) mass is 362 g/mol. The SMILES string of the molecule is CCCCCCOc1ccc(C2NC(=S)NC(C)=C2C(=O)OC)cc1. The zero-order chi connectivity index (χ0) is 18.2. The molecule has 1 atom stereocenters. The minimum absolute atomic E-state index is 0.334. The minimum Gasteiger partial charge on any atom is -0.494 e. The molecule has 1 aromatic rings. The molecule has 0 spiro atoms. The van der Waals surface area contributed by atoms with Gasteiger partial charge in [-0.15, -0.1) is 0 Å². The number of rotatable bonds is 8. The zero-order valence-corrected chi connectivity index (χ0v) is 15.9. The van der Waals surface area contributed by atoms with Crippen LogP contribution in [0, 0.1) is 0 Å². The van der Waals surface area contributed by atoms with Crippen LogP contribution in [0.3, 0.4) is 0 Å². The molecule has 1 aliphatic rings. The third-order valence-electron chi connectivity index (χ3n) is 4.15. The van der Waals surface area contributed by atoms with E-state index >= 15 is 0 Å². The van der Waals surface area contributed by atoms with Gasteiger partial charge in [0, 0.05) is 5.70 Å². The maximum atomic E-state index is 12.1. The van der Waals surface area contributed by atoms with E-state index in [-0.39, 0.29) is 12.0 Å². The van der Waals surface area contributed by atoms with Crippen molar-refractivity contribution in [2.45, 2.75) is 45.6 Å². The van der Waals surface area contributed by atoms with E-state index < -0.39 is 0 Å². The second kappa shape index (κ2) is 9.42. The molecule has 0 saturated carbocycles. The lowest BCUT2D eigenvalue weighted by Crippen LogP contribution is -2.45. The molecule has 0 aliphatic carbocycles. The zero-order valence-electron chi connectivity index (χ0n) is 15.1. The van der Waals surface area contributed by atoms with E-state index in [9.17, 15) is 4.79 Å². The Kier molecular flexibility index (Phi) is 7.25. The number of unbranched alkanes of at least 4 members (excludes halogenated alkanes) is 3. The number of hydrogen-bond acceptors (Lipinski definition) is 4. The van der Waals surface area contributed by atoms with Crippen LogP contribution in [0.1, 0.15) is 51.1 Å². The number of hydrogen-bond donors (Lipinski definition) is 2. The van der Waals surface area contributed by atoms with Crippen molar-refractivity contribution in [1.29, 1.82) is 0 Å². The van der Waals surface area contributed by atoms with Gasteiger partial charge >= 0.3 is 5.97 Å². The van der Waals surface area contributed by atoms with Crippen LogP contribution in [0.25, 0.3) is 0 Å². The molecule has 2 rings (SSSR count). The van der Waals surface area contributed by atoms with Crippen molar-refractivity contribution in [3.05, 3.63) is 41.1 Å². The van der Waals surface area contributed by atoms with Gasteiger partial charge in [0.05, 0.1) is 25.3 Å². The maximum Gasteiger partial charge on any atom is 0.337 e. The fraction of sp³-hybridized carbons (Fsp3) is 0.474. The van der Waals surface area contributed by atoms with Gasteiger partial charge in [-0.25, -0.2) is 4.79 Å². The standard InChI is InChI=1S/C19H26N2O3S/c1-4-5-6-7-12-24-15-10-8-14(9-11-15)17-16(18(22)23-3)13(2)20-19(25)21-17/h8-11,17H,4-7,12H2,1-3H3,(H2,20,21,25). The van der Waals surface area contributed by atoms with Crippen LogP contribution >= 0.6 is 12.2 Å². The lowest BCUT2D eigenvalue weighted by Gasteiger charge is -2.29. The molecule has 5 nitrogen and oxygen atoms in total. The average Bonchev–Trinajstić information content (AvgIpc) is 2.61. The van der Waals surface area contributed by atoms with Gasteiger partial charge in [-0.1, -0.05) is 38.3 Å². The molecule has 25 heavy (non-hydrogen) atoms.